The molecule has 1 aliphatic heterocycles. The lowest BCUT2D eigenvalue weighted by atomic mass is 10.2. The van der Waals surface area contributed by atoms with Gasteiger partial charge < -0.3 is 24.8 Å². The Kier molecular flexibility index (Phi) is 8.03. The third-order valence-corrected chi connectivity index (χ3v) is 4.58. The molecule has 1 unspecified atom stereocenters. The van der Waals surface area contributed by atoms with Gasteiger partial charge in [0.1, 0.15) is 5.75 Å². The molecule has 7 nitrogen and oxygen atoms in total. The van der Waals surface area contributed by atoms with Crippen LogP contribution in [0.3, 0.4) is 0 Å². The van der Waals surface area contributed by atoms with E-state index < -0.39 is 0 Å². The molecule has 0 saturated carbocycles. The lowest BCUT2D eigenvalue weighted by Crippen LogP contribution is -2.44. The zero-order valence-electron chi connectivity index (χ0n) is 15.7. The fraction of sp³-hybridized carbons (Fsp3) is 0.444. The number of ether oxygens (including phenoxy) is 1. The smallest absolute Gasteiger partial charge is 0.191 e. The quantitative estimate of drug-likeness (QED) is 0.369. The number of hydrogen-bond donors (Lipinski definition) is 2. The molecule has 2 aromatic rings. The monoisotopic (exact) mass is 505 g/mol. The number of rotatable bonds is 5. The first-order valence-corrected chi connectivity index (χ1v) is 8.94. The topological polar surface area (TPSA) is 74.9 Å². The molecule has 0 radical (unpaired) electrons. The van der Waals surface area contributed by atoms with Crippen LogP contribution in [0.4, 0.5) is 5.69 Å². The number of hydrogen-bond acceptors (Lipinski definition) is 5. The predicted octanol–water partition coefficient (Wildman–Crippen LogP) is 3.21. The molecule has 1 atom stereocenters. The van der Waals surface area contributed by atoms with Crippen LogP contribution in [0.2, 0.25) is 5.02 Å². The highest BCUT2D eigenvalue weighted by molar-refractivity contribution is 14.0. The number of methoxy groups -OCH3 is 1. The number of halogens is 2. The first-order valence-electron chi connectivity index (χ1n) is 8.57. The normalized spacial score (nSPS) is 16.8. The van der Waals surface area contributed by atoms with Gasteiger partial charge in [-0.25, -0.2) is 0 Å². The summed E-state index contributed by atoms with van der Waals surface area (Å²) in [6, 6.07) is 7.87. The van der Waals surface area contributed by atoms with E-state index in [1.165, 1.54) is 0 Å². The minimum atomic E-state index is 0. The van der Waals surface area contributed by atoms with Gasteiger partial charge in [0.25, 0.3) is 0 Å². The maximum atomic E-state index is 6.16. The second-order valence-corrected chi connectivity index (χ2v) is 6.69. The van der Waals surface area contributed by atoms with Crippen molar-refractivity contribution >= 4 is 47.2 Å². The molecule has 9 heteroatoms. The van der Waals surface area contributed by atoms with Crippen molar-refractivity contribution in [3.05, 3.63) is 40.7 Å². The summed E-state index contributed by atoms with van der Waals surface area (Å²) in [4.78, 5) is 6.56. The van der Waals surface area contributed by atoms with Gasteiger partial charge in [-0.2, -0.15) is 0 Å². The maximum absolute atomic E-state index is 6.16. The van der Waals surface area contributed by atoms with E-state index in [1.54, 1.807) is 14.2 Å². The SMILES string of the molecule is CN=C(NCc1cc(C)no1)NC1CCN(c2cc(Cl)ccc2OC)C1.I. The summed E-state index contributed by atoms with van der Waals surface area (Å²) in [6.45, 7) is 4.21. The number of anilines is 1. The lowest BCUT2D eigenvalue weighted by Gasteiger charge is -2.22. The summed E-state index contributed by atoms with van der Waals surface area (Å²) in [7, 11) is 3.43. The number of benzene rings is 1. The van der Waals surface area contributed by atoms with Crippen molar-refractivity contribution in [3.8, 4) is 5.75 Å². The van der Waals surface area contributed by atoms with Crippen molar-refractivity contribution in [2.75, 3.05) is 32.1 Å². The van der Waals surface area contributed by atoms with Crippen LogP contribution >= 0.6 is 35.6 Å². The predicted molar refractivity (Wildman–Crippen MR) is 119 cm³/mol. The molecule has 1 aromatic carbocycles. The molecule has 2 heterocycles. The highest BCUT2D eigenvalue weighted by atomic mass is 127. The Morgan fingerprint density at radius 1 is 1.44 bits per heavy atom. The van der Waals surface area contributed by atoms with Crippen LogP contribution in [0.15, 0.2) is 33.8 Å². The lowest BCUT2D eigenvalue weighted by molar-refractivity contribution is 0.376. The van der Waals surface area contributed by atoms with E-state index in [0.717, 1.165) is 48.4 Å². The summed E-state index contributed by atoms with van der Waals surface area (Å²) in [5.74, 6) is 2.35. The molecule has 2 N–H and O–H groups in total. The Morgan fingerprint density at radius 3 is 2.93 bits per heavy atom. The fourth-order valence-electron chi connectivity index (χ4n) is 3.07. The van der Waals surface area contributed by atoms with Gasteiger partial charge in [0, 0.05) is 37.3 Å². The summed E-state index contributed by atoms with van der Waals surface area (Å²) in [6.07, 6.45) is 0.998. The van der Waals surface area contributed by atoms with Crippen molar-refractivity contribution in [1.82, 2.24) is 15.8 Å². The van der Waals surface area contributed by atoms with Crippen molar-refractivity contribution < 1.29 is 9.26 Å². The van der Waals surface area contributed by atoms with Gasteiger partial charge in [-0.15, -0.1) is 24.0 Å². The van der Waals surface area contributed by atoms with Crippen LogP contribution in [0.25, 0.3) is 0 Å². The van der Waals surface area contributed by atoms with E-state index in [1.807, 2.05) is 31.2 Å². The van der Waals surface area contributed by atoms with Gasteiger partial charge in [-0.3, -0.25) is 4.99 Å². The number of nitrogens with zero attached hydrogens (tertiary/aromatic N) is 3. The molecule has 148 valence electrons. The van der Waals surface area contributed by atoms with Crippen LogP contribution in [0.5, 0.6) is 5.75 Å². The van der Waals surface area contributed by atoms with Crippen molar-refractivity contribution in [2.45, 2.75) is 25.9 Å². The molecular weight excluding hydrogens is 481 g/mol. The van der Waals surface area contributed by atoms with Crippen LogP contribution in [0, 0.1) is 6.92 Å². The fourth-order valence-corrected chi connectivity index (χ4v) is 3.23. The highest BCUT2D eigenvalue weighted by Crippen LogP contribution is 2.33. The number of aliphatic imine (C=N–C) groups is 1. The zero-order chi connectivity index (χ0) is 18.5. The minimum absolute atomic E-state index is 0. The van der Waals surface area contributed by atoms with Gasteiger partial charge >= 0.3 is 0 Å². The first kappa shape index (κ1) is 21.6. The van der Waals surface area contributed by atoms with E-state index >= 15 is 0 Å². The van der Waals surface area contributed by atoms with Gasteiger partial charge in [0.05, 0.1) is 25.0 Å². The molecule has 1 fully saturated rings. The third kappa shape index (κ3) is 5.65. The standard InChI is InChI=1S/C18H24ClN5O2.HI/c1-12-8-15(26-23-12)10-21-18(20-2)22-14-6-7-24(11-14)16-9-13(19)4-5-17(16)25-3;/h4-5,8-9,14H,6-7,10-11H2,1-3H3,(H2,20,21,22);1H. The Hall–Kier alpha value is -1.68. The van der Waals surface area contributed by atoms with Gasteiger partial charge in [0.2, 0.25) is 0 Å². The minimum Gasteiger partial charge on any atom is -0.495 e. The average Bonchev–Trinajstić information content (AvgIpc) is 3.27. The highest BCUT2D eigenvalue weighted by Gasteiger charge is 2.25. The second-order valence-electron chi connectivity index (χ2n) is 6.25. The Morgan fingerprint density at radius 2 is 2.26 bits per heavy atom. The van der Waals surface area contributed by atoms with Crippen molar-refractivity contribution in [3.63, 3.8) is 0 Å². The third-order valence-electron chi connectivity index (χ3n) is 4.34. The number of aryl methyl sites for hydroxylation is 1. The number of aromatic nitrogens is 1. The molecule has 1 aromatic heterocycles. The molecule has 27 heavy (non-hydrogen) atoms. The van der Waals surface area contributed by atoms with E-state index in [-0.39, 0.29) is 30.0 Å². The van der Waals surface area contributed by atoms with Crippen LogP contribution in [0.1, 0.15) is 17.9 Å². The van der Waals surface area contributed by atoms with Crippen LogP contribution in [-0.4, -0.2) is 44.4 Å². The summed E-state index contributed by atoms with van der Waals surface area (Å²) < 4.78 is 10.7. The van der Waals surface area contributed by atoms with Crippen LogP contribution < -0.4 is 20.3 Å². The Balaban J connectivity index is 0.00000261. The van der Waals surface area contributed by atoms with Gasteiger partial charge in [0.15, 0.2) is 11.7 Å². The molecule has 0 amide bonds. The summed E-state index contributed by atoms with van der Waals surface area (Å²) in [5.41, 5.74) is 1.89. The molecule has 0 bridgehead atoms. The molecule has 0 aliphatic carbocycles. The largest absolute Gasteiger partial charge is 0.495 e. The van der Waals surface area contributed by atoms with E-state index in [4.69, 9.17) is 20.9 Å². The Bertz CT molecular complexity index is 783. The summed E-state index contributed by atoms with van der Waals surface area (Å²) >= 11 is 6.16. The molecule has 1 saturated heterocycles. The number of guanidine groups is 1. The van der Waals surface area contributed by atoms with Crippen molar-refractivity contribution in [1.29, 1.82) is 0 Å². The zero-order valence-corrected chi connectivity index (χ0v) is 18.7. The second kappa shape index (κ2) is 10.0. The van der Waals surface area contributed by atoms with E-state index in [2.05, 4.69) is 25.7 Å². The van der Waals surface area contributed by atoms with Crippen molar-refractivity contribution in [2.24, 2.45) is 4.99 Å². The molecular formula is C18H25ClIN5O2. The van der Waals surface area contributed by atoms with E-state index in [9.17, 15) is 0 Å². The first-order chi connectivity index (χ1) is 12.6. The van der Waals surface area contributed by atoms with E-state index in [0.29, 0.717) is 11.6 Å². The average molecular weight is 506 g/mol. The number of nitrogens with one attached hydrogen (secondary N) is 2. The molecule has 0 spiro atoms. The van der Waals surface area contributed by atoms with Crippen LogP contribution in [-0.2, 0) is 6.54 Å². The Labute approximate surface area is 181 Å². The van der Waals surface area contributed by atoms with Gasteiger partial charge in [-0.1, -0.05) is 16.8 Å². The molecule has 3 rings (SSSR count). The van der Waals surface area contributed by atoms with Gasteiger partial charge in [-0.05, 0) is 31.5 Å². The maximum Gasteiger partial charge on any atom is 0.191 e. The summed E-state index contributed by atoms with van der Waals surface area (Å²) in [5, 5.41) is 11.3. The molecule has 1 aliphatic rings.